The zero-order valence-corrected chi connectivity index (χ0v) is 17.4. The molecule has 4 aromatic rings. The van der Waals surface area contributed by atoms with E-state index in [1.165, 1.54) is 22.1 Å². The number of fused-ring (bicyclic) bond motifs is 2. The molecule has 3 aromatic heterocycles. The summed E-state index contributed by atoms with van der Waals surface area (Å²) in [6.07, 6.45) is 4.79. The molecule has 1 aliphatic heterocycles. The van der Waals surface area contributed by atoms with Crippen LogP contribution in [0.2, 0.25) is 0 Å². The average Bonchev–Trinajstić information content (AvgIpc) is 3.09. The first-order chi connectivity index (χ1) is 15.1. The first-order valence-corrected chi connectivity index (χ1v) is 10.5. The first kappa shape index (κ1) is 18.2. The van der Waals surface area contributed by atoms with Gasteiger partial charge in [-0.2, -0.15) is 4.98 Å². The molecule has 1 aromatic carbocycles. The Morgan fingerprint density at radius 2 is 2.00 bits per heavy atom. The molecule has 0 radical (unpaired) electrons. The summed E-state index contributed by atoms with van der Waals surface area (Å²) in [5, 5.41) is 4.80. The van der Waals surface area contributed by atoms with E-state index in [9.17, 15) is 4.79 Å². The maximum atomic E-state index is 12.9. The highest BCUT2D eigenvalue weighted by atomic mass is 16.5. The second-order valence-electron chi connectivity index (χ2n) is 8.67. The molecule has 8 nitrogen and oxygen atoms in total. The molecule has 2 unspecified atom stereocenters. The van der Waals surface area contributed by atoms with Crippen molar-refractivity contribution in [2.24, 2.45) is 11.8 Å². The van der Waals surface area contributed by atoms with Gasteiger partial charge in [0.15, 0.2) is 5.82 Å². The van der Waals surface area contributed by atoms with Crippen molar-refractivity contribution >= 4 is 16.6 Å². The van der Waals surface area contributed by atoms with Crippen molar-refractivity contribution in [3.05, 3.63) is 76.2 Å². The maximum Gasteiger partial charge on any atom is 0.262 e. The SMILES string of the molecule is Cc1cccc(N2CC3C(C2)C3c2noc(Cn3cnc4cncc(C)c4c3=O)n2)c1. The van der Waals surface area contributed by atoms with Crippen molar-refractivity contribution in [2.45, 2.75) is 26.3 Å². The molecule has 31 heavy (non-hydrogen) atoms. The Balaban J connectivity index is 1.18. The Labute approximate surface area is 178 Å². The number of aryl methyl sites for hydroxylation is 2. The van der Waals surface area contributed by atoms with E-state index in [1.807, 2.05) is 6.92 Å². The van der Waals surface area contributed by atoms with Crippen LogP contribution in [0.4, 0.5) is 5.69 Å². The molecular formula is C23H22N6O2. The van der Waals surface area contributed by atoms with Crippen molar-refractivity contribution in [2.75, 3.05) is 18.0 Å². The fourth-order valence-corrected chi connectivity index (χ4v) is 4.93. The van der Waals surface area contributed by atoms with Gasteiger partial charge in [0.2, 0.25) is 5.89 Å². The molecule has 0 spiro atoms. The zero-order chi connectivity index (χ0) is 21.1. The minimum absolute atomic E-state index is 0.123. The van der Waals surface area contributed by atoms with E-state index >= 15 is 0 Å². The summed E-state index contributed by atoms with van der Waals surface area (Å²) < 4.78 is 7.00. The number of benzene rings is 1. The molecule has 4 heterocycles. The Morgan fingerprint density at radius 3 is 2.81 bits per heavy atom. The van der Waals surface area contributed by atoms with E-state index in [-0.39, 0.29) is 12.1 Å². The third-order valence-corrected chi connectivity index (χ3v) is 6.57. The lowest BCUT2D eigenvalue weighted by molar-refractivity contribution is 0.363. The normalized spacial score (nSPS) is 22.1. The minimum Gasteiger partial charge on any atom is -0.371 e. The number of hydrogen-bond donors (Lipinski definition) is 0. The van der Waals surface area contributed by atoms with Crippen LogP contribution in [0.3, 0.4) is 0 Å². The van der Waals surface area contributed by atoms with Crippen LogP contribution in [-0.4, -0.2) is 37.8 Å². The fourth-order valence-electron chi connectivity index (χ4n) is 4.93. The van der Waals surface area contributed by atoms with E-state index in [4.69, 9.17) is 4.52 Å². The third kappa shape index (κ3) is 3.01. The molecule has 156 valence electrons. The largest absolute Gasteiger partial charge is 0.371 e. The summed E-state index contributed by atoms with van der Waals surface area (Å²) in [6.45, 7) is 6.24. The number of piperidine rings is 1. The summed E-state index contributed by atoms with van der Waals surface area (Å²) >= 11 is 0. The van der Waals surface area contributed by atoms with Crippen LogP contribution in [0, 0.1) is 25.7 Å². The Morgan fingerprint density at radius 1 is 1.16 bits per heavy atom. The predicted octanol–water partition coefficient (Wildman–Crippen LogP) is 2.69. The summed E-state index contributed by atoms with van der Waals surface area (Å²) in [5.41, 5.74) is 3.84. The molecule has 2 fully saturated rings. The summed E-state index contributed by atoms with van der Waals surface area (Å²) in [6, 6.07) is 8.64. The lowest BCUT2D eigenvalue weighted by Gasteiger charge is -2.21. The van der Waals surface area contributed by atoms with E-state index < -0.39 is 0 Å². The van der Waals surface area contributed by atoms with E-state index in [1.54, 1.807) is 12.4 Å². The van der Waals surface area contributed by atoms with Crippen molar-refractivity contribution < 1.29 is 4.52 Å². The Bertz CT molecular complexity index is 1350. The highest BCUT2D eigenvalue weighted by molar-refractivity contribution is 5.79. The van der Waals surface area contributed by atoms with Crippen molar-refractivity contribution in [3.63, 3.8) is 0 Å². The quantitative estimate of drug-likeness (QED) is 0.507. The topological polar surface area (TPSA) is 89.9 Å². The number of anilines is 1. The monoisotopic (exact) mass is 414 g/mol. The molecule has 1 saturated carbocycles. The van der Waals surface area contributed by atoms with Gasteiger partial charge in [-0.1, -0.05) is 17.3 Å². The van der Waals surface area contributed by atoms with Gasteiger partial charge in [0.25, 0.3) is 5.56 Å². The van der Waals surface area contributed by atoms with Gasteiger partial charge in [-0.15, -0.1) is 0 Å². The van der Waals surface area contributed by atoms with Gasteiger partial charge in [0.1, 0.15) is 6.54 Å². The van der Waals surface area contributed by atoms with E-state index in [2.05, 4.69) is 56.2 Å². The van der Waals surface area contributed by atoms with Crippen LogP contribution in [0.5, 0.6) is 0 Å². The Hall–Kier alpha value is -3.55. The van der Waals surface area contributed by atoms with Gasteiger partial charge in [-0.25, -0.2) is 4.98 Å². The standard InChI is InChI=1S/C23H22N6O2/c1-13-4-3-5-15(6-13)28-9-16-17(10-28)21(16)22-26-19(31-27-22)11-29-12-25-18-8-24-7-14(2)20(18)23(29)30/h3-8,12,16-17,21H,9-11H2,1-2H3. The molecule has 0 amide bonds. The van der Waals surface area contributed by atoms with Crippen molar-refractivity contribution in [1.82, 2.24) is 24.7 Å². The number of hydrogen-bond acceptors (Lipinski definition) is 7. The molecular weight excluding hydrogens is 392 g/mol. The molecule has 1 aliphatic carbocycles. The van der Waals surface area contributed by atoms with Crippen LogP contribution in [0.1, 0.15) is 28.8 Å². The van der Waals surface area contributed by atoms with Gasteiger partial charge in [0, 0.05) is 30.9 Å². The maximum absolute atomic E-state index is 12.9. The summed E-state index contributed by atoms with van der Waals surface area (Å²) in [4.78, 5) is 28.4. The molecule has 1 saturated heterocycles. The van der Waals surface area contributed by atoms with Crippen molar-refractivity contribution in [1.29, 1.82) is 0 Å². The van der Waals surface area contributed by atoms with E-state index in [0.29, 0.717) is 34.5 Å². The molecule has 0 N–H and O–H groups in total. The third-order valence-electron chi connectivity index (χ3n) is 6.57. The first-order valence-electron chi connectivity index (χ1n) is 10.5. The second-order valence-corrected chi connectivity index (χ2v) is 8.67. The molecule has 0 bridgehead atoms. The van der Waals surface area contributed by atoms with Crippen LogP contribution >= 0.6 is 0 Å². The van der Waals surface area contributed by atoms with Crippen LogP contribution < -0.4 is 10.5 Å². The van der Waals surface area contributed by atoms with Gasteiger partial charge >= 0.3 is 0 Å². The van der Waals surface area contributed by atoms with E-state index in [0.717, 1.165) is 24.5 Å². The van der Waals surface area contributed by atoms with Crippen molar-refractivity contribution in [3.8, 4) is 0 Å². The number of rotatable bonds is 4. The lowest BCUT2D eigenvalue weighted by Crippen LogP contribution is -2.23. The fraction of sp³-hybridized carbons (Fsp3) is 0.348. The molecule has 2 atom stereocenters. The molecule has 8 heteroatoms. The van der Waals surface area contributed by atoms with Crippen LogP contribution in [-0.2, 0) is 6.54 Å². The molecule has 2 aliphatic rings. The van der Waals surface area contributed by atoms with Gasteiger partial charge in [-0.05, 0) is 48.9 Å². The van der Waals surface area contributed by atoms with Crippen LogP contribution in [0.25, 0.3) is 10.9 Å². The highest BCUT2D eigenvalue weighted by Crippen LogP contribution is 2.57. The highest BCUT2D eigenvalue weighted by Gasteiger charge is 2.58. The van der Waals surface area contributed by atoms with Gasteiger partial charge in [-0.3, -0.25) is 14.3 Å². The number of pyridine rings is 1. The van der Waals surface area contributed by atoms with Crippen LogP contribution in [0.15, 0.2) is 52.3 Å². The number of nitrogens with zero attached hydrogens (tertiary/aromatic N) is 6. The Kier molecular flexibility index (Phi) is 3.96. The summed E-state index contributed by atoms with van der Waals surface area (Å²) in [5.74, 6) is 2.66. The smallest absolute Gasteiger partial charge is 0.262 e. The molecule has 6 rings (SSSR count). The number of aromatic nitrogens is 5. The van der Waals surface area contributed by atoms with Gasteiger partial charge in [0.05, 0.1) is 23.4 Å². The zero-order valence-electron chi connectivity index (χ0n) is 17.4. The summed E-state index contributed by atoms with van der Waals surface area (Å²) in [7, 11) is 0. The second kappa shape index (κ2) is 6.73. The van der Waals surface area contributed by atoms with Gasteiger partial charge < -0.3 is 9.42 Å². The minimum atomic E-state index is -0.123. The lowest BCUT2D eigenvalue weighted by atomic mass is 10.2. The predicted molar refractivity (Wildman–Crippen MR) is 115 cm³/mol. The average molecular weight is 414 g/mol.